The van der Waals surface area contributed by atoms with E-state index < -0.39 is 0 Å². The quantitative estimate of drug-likeness (QED) is 0.725. The monoisotopic (exact) mass is 226 g/mol. The molecule has 2 aromatic heterocycles. The molecule has 0 unspecified atom stereocenters. The van der Waals surface area contributed by atoms with E-state index in [1.54, 1.807) is 16.9 Å². The topological polar surface area (TPSA) is 56.7 Å². The number of alkyl halides is 1. The molecule has 0 bridgehead atoms. The molecule has 0 aromatic carbocycles. The zero-order valence-electron chi connectivity index (χ0n) is 8.14. The van der Waals surface area contributed by atoms with E-state index in [0.717, 1.165) is 24.3 Å². The van der Waals surface area contributed by atoms with Crippen molar-refractivity contribution < 1.29 is 4.52 Å². The highest BCUT2D eigenvalue weighted by molar-refractivity contribution is 6.17. The largest absolute Gasteiger partial charge is 0.359 e. The van der Waals surface area contributed by atoms with Gasteiger partial charge in [-0.05, 0) is 12.8 Å². The molecule has 0 N–H and O–H groups in total. The van der Waals surface area contributed by atoms with Crippen molar-refractivity contribution in [3.8, 4) is 0 Å². The fraction of sp³-hybridized carbons (Fsp3) is 0.444. The Balaban J connectivity index is 1.95. The van der Waals surface area contributed by atoms with Crippen molar-refractivity contribution in [1.82, 2.24) is 20.2 Å². The first-order chi connectivity index (χ1) is 7.38. The number of aromatic nitrogens is 4. The molecule has 0 aliphatic heterocycles. The third kappa shape index (κ3) is 2.79. The molecular formula is C9H11ClN4O. The Hall–Kier alpha value is -1.36. The summed E-state index contributed by atoms with van der Waals surface area (Å²) in [6.45, 7) is 0.563. The predicted molar refractivity (Wildman–Crippen MR) is 54.7 cm³/mol. The van der Waals surface area contributed by atoms with Crippen molar-refractivity contribution in [2.75, 3.05) is 5.88 Å². The SMILES string of the molecule is ClCCCc1cn(Cc2ccno2)nn1. The van der Waals surface area contributed by atoms with Crippen LogP contribution in [0, 0.1) is 0 Å². The summed E-state index contributed by atoms with van der Waals surface area (Å²) in [5.41, 5.74) is 0.954. The molecule has 80 valence electrons. The number of halogens is 1. The van der Waals surface area contributed by atoms with Gasteiger partial charge in [0.1, 0.15) is 6.54 Å². The van der Waals surface area contributed by atoms with Crippen LogP contribution in [0.25, 0.3) is 0 Å². The van der Waals surface area contributed by atoms with Gasteiger partial charge in [-0.15, -0.1) is 16.7 Å². The number of aryl methyl sites for hydroxylation is 1. The summed E-state index contributed by atoms with van der Waals surface area (Å²) in [5.74, 6) is 1.42. The molecule has 0 radical (unpaired) electrons. The molecule has 0 aliphatic carbocycles. The van der Waals surface area contributed by atoms with E-state index in [0.29, 0.717) is 12.4 Å². The lowest BCUT2D eigenvalue weighted by Gasteiger charge is -1.93. The van der Waals surface area contributed by atoms with Crippen molar-refractivity contribution in [2.24, 2.45) is 0 Å². The van der Waals surface area contributed by atoms with Gasteiger partial charge in [-0.3, -0.25) is 0 Å². The Labute approximate surface area is 92.0 Å². The van der Waals surface area contributed by atoms with Gasteiger partial charge in [0.25, 0.3) is 0 Å². The Morgan fingerprint density at radius 2 is 2.40 bits per heavy atom. The van der Waals surface area contributed by atoms with Gasteiger partial charge in [0.05, 0.1) is 11.9 Å². The van der Waals surface area contributed by atoms with Gasteiger partial charge in [0, 0.05) is 18.1 Å². The number of hydrogen-bond acceptors (Lipinski definition) is 4. The van der Waals surface area contributed by atoms with E-state index in [1.165, 1.54) is 0 Å². The second-order valence-electron chi connectivity index (χ2n) is 3.18. The first-order valence-electron chi connectivity index (χ1n) is 4.73. The van der Waals surface area contributed by atoms with Crippen molar-refractivity contribution in [3.63, 3.8) is 0 Å². The summed E-state index contributed by atoms with van der Waals surface area (Å²) in [7, 11) is 0. The van der Waals surface area contributed by atoms with Gasteiger partial charge in [-0.25, -0.2) is 4.68 Å². The van der Waals surface area contributed by atoms with Crippen LogP contribution in [0.2, 0.25) is 0 Å². The third-order valence-electron chi connectivity index (χ3n) is 1.96. The highest BCUT2D eigenvalue weighted by Gasteiger charge is 2.03. The van der Waals surface area contributed by atoms with Crippen molar-refractivity contribution in [2.45, 2.75) is 19.4 Å². The molecule has 0 saturated carbocycles. The van der Waals surface area contributed by atoms with Crippen LogP contribution in [0.5, 0.6) is 0 Å². The summed E-state index contributed by atoms with van der Waals surface area (Å²) < 4.78 is 6.69. The van der Waals surface area contributed by atoms with Crippen LogP contribution in [0.15, 0.2) is 23.0 Å². The highest BCUT2D eigenvalue weighted by atomic mass is 35.5. The number of hydrogen-bond donors (Lipinski definition) is 0. The first-order valence-corrected chi connectivity index (χ1v) is 5.26. The summed E-state index contributed by atoms with van der Waals surface area (Å²) in [5, 5.41) is 11.6. The molecule has 5 nitrogen and oxygen atoms in total. The lowest BCUT2D eigenvalue weighted by molar-refractivity contribution is 0.370. The summed E-state index contributed by atoms with van der Waals surface area (Å²) in [6, 6.07) is 1.81. The fourth-order valence-corrected chi connectivity index (χ4v) is 1.40. The predicted octanol–water partition coefficient (Wildman–Crippen LogP) is 1.49. The van der Waals surface area contributed by atoms with Gasteiger partial charge >= 0.3 is 0 Å². The maximum Gasteiger partial charge on any atom is 0.158 e. The molecule has 15 heavy (non-hydrogen) atoms. The number of rotatable bonds is 5. The highest BCUT2D eigenvalue weighted by Crippen LogP contribution is 2.03. The molecule has 6 heteroatoms. The van der Waals surface area contributed by atoms with E-state index in [9.17, 15) is 0 Å². The molecule has 2 rings (SSSR count). The zero-order valence-corrected chi connectivity index (χ0v) is 8.89. The van der Waals surface area contributed by atoms with Crippen molar-refractivity contribution >= 4 is 11.6 Å². The minimum absolute atomic E-state index is 0.563. The molecular weight excluding hydrogens is 216 g/mol. The van der Waals surface area contributed by atoms with E-state index in [4.69, 9.17) is 16.1 Å². The fourth-order valence-electron chi connectivity index (χ4n) is 1.26. The smallest absolute Gasteiger partial charge is 0.158 e. The van der Waals surface area contributed by atoms with Gasteiger partial charge in [0.2, 0.25) is 0 Å². The van der Waals surface area contributed by atoms with E-state index >= 15 is 0 Å². The Morgan fingerprint density at radius 3 is 3.13 bits per heavy atom. The van der Waals surface area contributed by atoms with Crippen LogP contribution >= 0.6 is 11.6 Å². The molecule has 2 aromatic rings. The van der Waals surface area contributed by atoms with Crippen LogP contribution in [-0.2, 0) is 13.0 Å². The van der Waals surface area contributed by atoms with Crippen molar-refractivity contribution in [3.05, 3.63) is 29.9 Å². The Kier molecular flexibility index (Phi) is 3.34. The van der Waals surface area contributed by atoms with Crippen LogP contribution in [0.4, 0.5) is 0 Å². The lowest BCUT2D eigenvalue weighted by atomic mass is 10.3. The third-order valence-corrected chi connectivity index (χ3v) is 2.23. The zero-order chi connectivity index (χ0) is 10.5. The van der Waals surface area contributed by atoms with Crippen LogP contribution < -0.4 is 0 Å². The second kappa shape index (κ2) is 4.93. The lowest BCUT2D eigenvalue weighted by Crippen LogP contribution is -1.98. The Bertz CT molecular complexity index is 398. The first kappa shape index (κ1) is 10.2. The maximum absolute atomic E-state index is 5.60. The molecule has 2 heterocycles. The number of nitrogens with zero attached hydrogens (tertiary/aromatic N) is 4. The molecule has 0 aliphatic rings. The Morgan fingerprint density at radius 1 is 1.47 bits per heavy atom. The standard InChI is InChI=1S/C9H11ClN4O/c10-4-1-2-8-6-14(13-12-8)7-9-3-5-11-15-9/h3,5-6H,1-2,4,7H2. The summed E-state index contributed by atoms with van der Waals surface area (Å²) in [6.07, 6.45) is 5.29. The van der Waals surface area contributed by atoms with Crippen LogP contribution in [-0.4, -0.2) is 26.0 Å². The molecule has 0 fully saturated rings. The normalized spacial score (nSPS) is 10.7. The average molecular weight is 227 g/mol. The van der Waals surface area contributed by atoms with Gasteiger partial charge in [0.15, 0.2) is 5.76 Å². The summed E-state index contributed by atoms with van der Waals surface area (Å²) >= 11 is 5.60. The maximum atomic E-state index is 5.60. The average Bonchev–Trinajstić information content (AvgIpc) is 2.87. The van der Waals surface area contributed by atoms with Gasteiger partial charge in [-0.2, -0.15) is 0 Å². The minimum atomic E-state index is 0.563. The molecule has 0 spiro atoms. The van der Waals surface area contributed by atoms with Gasteiger partial charge < -0.3 is 4.52 Å². The van der Waals surface area contributed by atoms with E-state index in [-0.39, 0.29) is 0 Å². The van der Waals surface area contributed by atoms with E-state index in [2.05, 4.69) is 15.5 Å². The van der Waals surface area contributed by atoms with E-state index in [1.807, 2.05) is 6.20 Å². The molecule has 0 amide bonds. The molecule has 0 atom stereocenters. The molecule has 0 saturated heterocycles. The second-order valence-corrected chi connectivity index (χ2v) is 3.56. The van der Waals surface area contributed by atoms with Crippen molar-refractivity contribution in [1.29, 1.82) is 0 Å². The van der Waals surface area contributed by atoms with Gasteiger partial charge in [-0.1, -0.05) is 10.4 Å². The minimum Gasteiger partial charge on any atom is -0.359 e. The van der Waals surface area contributed by atoms with Crippen LogP contribution in [0.3, 0.4) is 0 Å². The summed E-state index contributed by atoms with van der Waals surface area (Å²) in [4.78, 5) is 0. The van der Waals surface area contributed by atoms with Crippen LogP contribution in [0.1, 0.15) is 17.9 Å².